The second kappa shape index (κ2) is 7.23. The van der Waals surface area contributed by atoms with Crippen LogP contribution >= 0.6 is 11.8 Å². The standard InChI is InChI=1S/C19H23N3O3S/c23-14-9-7-12(8-10-14)17-16-18(20-15(24)11-26-17)22(21-19(16)25)13-5-3-1-2-4-6-13/h7-10,13,17,23H,1-6,11H2,(H,20,24)(H,21,25). The van der Waals surface area contributed by atoms with Crippen LogP contribution in [0, 0.1) is 0 Å². The number of aromatic hydroxyl groups is 1. The van der Waals surface area contributed by atoms with Crippen LogP contribution in [0.15, 0.2) is 29.1 Å². The Balaban J connectivity index is 1.79. The van der Waals surface area contributed by atoms with Crippen LogP contribution in [-0.4, -0.2) is 26.5 Å². The van der Waals surface area contributed by atoms with E-state index < -0.39 is 0 Å². The molecule has 26 heavy (non-hydrogen) atoms. The van der Waals surface area contributed by atoms with Crippen LogP contribution in [0.3, 0.4) is 0 Å². The van der Waals surface area contributed by atoms with Crippen molar-refractivity contribution in [3.63, 3.8) is 0 Å². The minimum absolute atomic E-state index is 0.0844. The summed E-state index contributed by atoms with van der Waals surface area (Å²) in [5, 5.41) is 15.3. The number of amides is 1. The number of aromatic nitrogens is 2. The van der Waals surface area contributed by atoms with Crippen molar-refractivity contribution in [2.45, 2.75) is 49.8 Å². The first-order valence-corrected chi connectivity index (χ1v) is 10.2. The van der Waals surface area contributed by atoms with Gasteiger partial charge in [-0.1, -0.05) is 37.8 Å². The summed E-state index contributed by atoms with van der Waals surface area (Å²) in [5.74, 6) is 1.02. The number of rotatable bonds is 2. The molecule has 1 aliphatic carbocycles. The van der Waals surface area contributed by atoms with E-state index in [0.717, 1.165) is 31.2 Å². The molecule has 6 nitrogen and oxygen atoms in total. The normalized spacial score (nSPS) is 21.5. The first-order valence-electron chi connectivity index (χ1n) is 9.18. The number of benzene rings is 1. The van der Waals surface area contributed by atoms with Gasteiger partial charge in [0.15, 0.2) is 0 Å². The van der Waals surface area contributed by atoms with Crippen LogP contribution < -0.4 is 10.9 Å². The Kier molecular flexibility index (Phi) is 4.80. The van der Waals surface area contributed by atoms with Crippen LogP contribution in [-0.2, 0) is 4.79 Å². The second-order valence-electron chi connectivity index (χ2n) is 7.05. The summed E-state index contributed by atoms with van der Waals surface area (Å²) >= 11 is 1.45. The van der Waals surface area contributed by atoms with Crippen LogP contribution in [0.1, 0.15) is 60.9 Å². The van der Waals surface area contributed by atoms with Gasteiger partial charge in [0, 0.05) is 0 Å². The van der Waals surface area contributed by atoms with Crippen LogP contribution in [0.5, 0.6) is 5.75 Å². The van der Waals surface area contributed by atoms with Gasteiger partial charge < -0.3 is 10.4 Å². The molecule has 0 saturated heterocycles. The van der Waals surface area contributed by atoms with E-state index in [-0.39, 0.29) is 28.5 Å². The molecule has 2 aliphatic rings. The van der Waals surface area contributed by atoms with Crippen molar-refractivity contribution < 1.29 is 9.90 Å². The summed E-state index contributed by atoms with van der Waals surface area (Å²) in [6.45, 7) is 0. The number of fused-ring (bicyclic) bond motifs is 1. The zero-order valence-corrected chi connectivity index (χ0v) is 15.3. The Hall–Kier alpha value is -2.15. The van der Waals surface area contributed by atoms with Gasteiger partial charge in [-0.25, -0.2) is 0 Å². The highest BCUT2D eigenvalue weighted by molar-refractivity contribution is 8.00. The topological polar surface area (TPSA) is 87.1 Å². The minimum atomic E-state index is -0.236. The zero-order valence-electron chi connectivity index (χ0n) is 14.5. The van der Waals surface area contributed by atoms with E-state index in [1.165, 1.54) is 24.6 Å². The van der Waals surface area contributed by atoms with Gasteiger partial charge in [-0.15, -0.1) is 11.8 Å². The number of hydrogen-bond donors (Lipinski definition) is 3. The van der Waals surface area contributed by atoms with Gasteiger partial charge in [-0.2, -0.15) is 0 Å². The van der Waals surface area contributed by atoms with E-state index in [2.05, 4.69) is 10.4 Å². The monoisotopic (exact) mass is 373 g/mol. The molecule has 0 bridgehead atoms. The van der Waals surface area contributed by atoms with Crippen LogP contribution in [0.2, 0.25) is 0 Å². The molecule has 7 heteroatoms. The van der Waals surface area contributed by atoms with Crippen molar-refractivity contribution in [3.8, 4) is 5.75 Å². The molecule has 3 N–H and O–H groups in total. The highest BCUT2D eigenvalue weighted by Gasteiger charge is 2.32. The fraction of sp³-hybridized carbons (Fsp3) is 0.474. The van der Waals surface area contributed by atoms with Gasteiger partial charge in [0.2, 0.25) is 5.91 Å². The summed E-state index contributed by atoms with van der Waals surface area (Å²) < 4.78 is 1.90. The summed E-state index contributed by atoms with van der Waals surface area (Å²) in [7, 11) is 0. The van der Waals surface area contributed by atoms with Crippen LogP contribution in [0.25, 0.3) is 0 Å². The average molecular weight is 373 g/mol. The molecular weight excluding hydrogens is 350 g/mol. The molecule has 4 rings (SSSR count). The van der Waals surface area contributed by atoms with E-state index in [9.17, 15) is 14.7 Å². The third kappa shape index (κ3) is 3.28. The molecule has 1 aliphatic heterocycles. The van der Waals surface area contributed by atoms with E-state index in [1.54, 1.807) is 12.1 Å². The van der Waals surface area contributed by atoms with Crippen molar-refractivity contribution in [1.29, 1.82) is 0 Å². The Morgan fingerprint density at radius 2 is 1.73 bits per heavy atom. The molecule has 2 aromatic rings. The van der Waals surface area contributed by atoms with Gasteiger partial charge in [-0.05, 0) is 30.5 Å². The fourth-order valence-corrected chi connectivity index (χ4v) is 5.07. The molecule has 1 aromatic heterocycles. The van der Waals surface area contributed by atoms with E-state index in [0.29, 0.717) is 17.1 Å². The Morgan fingerprint density at radius 1 is 1.04 bits per heavy atom. The van der Waals surface area contributed by atoms with E-state index in [4.69, 9.17) is 0 Å². The van der Waals surface area contributed by atoms with Crippen molar-refractivity contribution in [2.24, 2.45) is 0 Å². The maximum Gasteiger partial charge on any atom is 0.270 e. The number of phenolic OH excluding ortho intramolecular Hbond substituents is 1. The maximum atomic E-state index is 12.8. The number of aromatic amines is 1. The molecule has 0 radical (unpaired) electrons. The van der Waals surface area contributed by atoms with E-state index in [1.807, 2.05) is 16.8 Å². The Labute approximate surface area is 156 Å². The smallest absolute Gasteiger partial charge is 0.270 e. The minimum Gasteiger partial charge on any atom is -0.508 e. The fourth-order valence-electron chi connectivity index (χ4n) is 3.95. The van der Waals surface area contributed by atoms with E-state index >= 15 is 0 Å². The van der Waals surface area contributed by atoms with Gasteiger partial charge in [-0.3, -0.25) is 19.4 Å². The van der Waals surface area contributed by atoms with Gasteiger partial charge in [0.1, 0.15) is 11.6 Å². The van der Waals surface area contributed by atoms with Gasteiger partial charge >= 0.3 is 0 Å². The third-order valence-electron chi connectivity index (χ3n) is 5.25. The highest BCUT2D eigenvalue weighted by Crippen LogP contribution is 2.41. The Bertz CT molecular complexity index is 848. The first-order chi connectivity index (χ1) is 12.6. The lowest BCUT2D eigenvalue weighted by Crippen LogP contribution is -2.19. The molecule has 1 aromatic carbocycles. The quantitative estimate of drug-likeness (QED) is 0.703. The summed E-state index contributed by atoms with van der Waals surface area (Å²) in [6.07, 6.45) is 6.77. The molecule has 138 valence electrons. The number of nitrogens with zero attached hydrogens (tertiary/aromatic N) is 1. The molecule has 2 heterocycles. The number of H-pyrrole nitrogens is 1. The maximum absolute atomic E-state index is 12.8. The molecule has 1 saturated carbocycles. The van der Waals surface area contributed by atoms with Crippen molar-refractivity contribution >= 4 is 23.5 Å². The van der Waals surface area contributed by atoms with Crippen LogP contribution in [0.4, 0.5) is 5.82 Å². The van der Waals surface area contributed by atoms with Gasteiger partial charge in [0.05, 0.1) is 22.6 Å². The number of carbonyl (C=O) groups is 1. The second-order valence-corrected chi connectivity index (χ2v) is 8.14. The number of anilines is 1. The molecule has 1 atom stereocenters. The predicted octanol–water partition coefficient (Wildman–Crippen LogP) is 3.55. The lowest BCUT2D eigenvalue weighted by Gasteiger charge is -2.19. The summed E-state index contributed by atoms with van der Waals surface area (Å²) in [5.41, 5.74) is 1.38. The number of phenols is 1. The number of thioether (sulfide) groups is 1. The van der Waals surface area contributed by atoms with Crippen molar-refractivity contribution in [2.75, 3.05) is 11.1 Å². The predicted molar refractivity (Wildman–Crippen MR) is 103 cm³/mol. The molecule has 1 fully saturated rings. The lowest BCUT2D eigenvalue weighted by molar-refractivity contribution is -0.113. The number of hydrogen-bond acceptors (Lipinski definition) is 4. The van der Waals surface area contributed by atoms with Crippen molar-refractivity contribution in [1.82, 2.24) is 9.78 Å². The SMILES string of the molecule is O=C1CSC(c2ccc(O)cc2)c2c(n(C3CCCCCC3)[nH]c2=O)N1. The van der Waals surface area contributed by atoms with Gasteiger partial charge in [0.25, 0.3) is 5.56 Å². The third-order valence-corrected chi connectivity index (χ3v) is 6.52. The molecular formula is C19H23N3O3S. The number of carbonyl (C=O) groups excluding carboxylic acids is 1. The average Bonchev–Trinajstić information content (AvgIpc) is 2.83. The molecule has 1 unspecified atom stereocenters. The summed E-state index contributed by atoms with van der Waals surface area (Å²) in [6, 6.07) is 7.08. The highest BCUT2D eigenvalue weighted by atomic mass is 32.2. The number of nitrogens with one attached hydrogen (secondary N) is 2. The largest absolute Gasteiger partial charge is 0.508 e. The summed E-state index contributed by atoms with van der Waals surface area (Å²) in [4.78, 5) is 25.1. The molecule has 1 amide bonds. The first kappa shape index (κ1) is 17.3. The zero-order chi connectivity index (χ0) is 18.1. The lowest BCUT2D eigenvalue weighted by atomic mass is 10.1. The molecule has 0 spiro atoms. The van der Waals surface area contributed by atoms with Crippen molar-refractivity contribution in [3.05, 3.63) is 45.7 Å². The Morgan fingerprint density at radius 3 is 2.42 bits per heavy atom.